The van der Waals surface area contributed by atoms with E-state index in [1.165, 1.54) is 70.6 Å². The van der Waals surface area contributed by atoms with E-state index in [4.69, 9.17) is 37.9 Å². The predicted molar refractivity (Wildman–Crippen MR) is 370 cm³/mol. The normalized spacial score (nSPS) is 41.0. The largest absolute Gasteiger partial charge is 0.462 e. The zero-order chi connectivity index (χ0) is 69.5. The number of hydrogen-bond donors (Lipinski definition) is 0. The molecule has 17 aliphatic carbocycles. The van der Waals surface area contributed by atoms with Crippen LogP contribution in [0.3, 0.4) is 0 Å². The molecule has 0 amide bonds. The molecule has 99 heavy (non-hydrogen) atoms. The zero-order valence-electron chi connectivity index (χ0n) is 60.8. The number of carbonyl (C=O) groups excluding carboxylic acids is 8. The molecule has 16 heteroatoms. The lowest BCUT2D eigenvalue weighted by atomic mass is 9.49. The second kappa shape index (κ2) is 30.2. The smallest absolute Gasteiger partial charge is 0.344 e. The molecule has 21 unspecified atom stereocenters. The highest BCUT2D eigenvalue weighted by molar-refractivity contribution is 5.80. The third-order valence-electron chi connectivity index (χ3n) is 28.5. The first-order valence-corrected chi connectivity index (χ1v) is 39.9. The van der Waals surface area contributed by atoms with Crippen LogP contribution < -0.4 is 0 Å². The van der Waals surface area contributed by atoms with Gasteiger partial charge in [-0.3, -0.25) is 33.6 Å². The van der Waals surface area contributed by atoms with Crippen molar-refractivity contribution in [2.45, 2.75) is 295 Å². The Morgan fingerprint density at radius 2 is 0.727 bits per heavy atom. The minimum absolute atomic E-state index is 0.0129. The fourth-order valence-corrected chi connectivity index (χ4v) is 23.6. The van der Waals surface area contributed by atoms with E-state index in [1.807, 2.05) is 13.8 Å². The number of ether oxygens (including phenoxy) is 8. The highest BCUT2D eigenvalue weighted by Crippen LogP contribution is 2.61. The minimum atomic E-state index is -0.409. The quantitative estimate of drug-likeness (QED) is 0.0529. The number of carbonyl (C=O) groups is 8. The third kappa shape index (κ3) is 15.7. The summed E-state index contributed by atoms with van der Waals surface area (Å²) >= 11 is 0. The number of fused-ring (bicyclic) bond motifs is 12. The van der Waals surface area contributed by atoms with E-state index < -0.39 is 18.3 Å². The topological polar surface area (TPSA) is 210 Å². The van der Waals surface area contributed by atoms with Gasteiger partial charge in [-0.25, -0.2) is 4.79 Å². The molecular formula is C83H118O16. The van der Waals surface area contributed by atoms with Crippen molar-refractivity contribution in [2.24, 2.45) is 118 Å². The summed E-state index contributed by atoms with van der Waals surface area (Å²) in [5.74, 6) is 7.07. The van der Waals surface area contributed by atoms with Crippen molar-refractivity contribution in [3.8, 4) is 0 Å². The van der Waals surface area contributed by atoms with Crippen LogP contribution in [0.2, 0.25) is 0 Å². The molecule has 0 aromatic rings. The average molecular weight is 1370 g/mol. The van der Waals surface area contributed by atoms with Crippen LogP contribution in [-0.4, -0.2) is 95.1 Å². The molecule has 0 aromatic carbocycles. The van der Waals surface area contributed by atoms with E-state index >= 15 is 0 Å². The molecule has 0 heterocycles. The highest BCUT2D eigenvalue weighted by Gasteiger charge is 2.60. The molecule has 16 bridgehead atoms. The first-order valence-electron chi connectivity index (χ1n) is 39.9. The molecule has 0 radical (unpaired) electrons. The predicted octanol–water partition coefficient (Wildman–Crippen LogP) is 15.7. The van der Waals surface area contributed by atoms with Crippen molar-refractivity contribution in [2.75, 3.05) is 6.61 Å². The molecule has 0 spiro atoms. The van der Waals surface area contributed by atoms with Gasteiger partial charge in [0.2, 0.25) is 0 Å². The van der Waals surface area contributed by atoms with Gasteiger partial charge in [-0.2, -0.15) is 0 Å². The van der Waals surface area contributed by atoms with Crippen LogP contribution in [-0.2, 0) is 76.3 Å². The number of allylic oxidation sites excluding steroid dienone is 8. The summed E-state index contributed by atoms with van der Waals surface area (Å²) in [6, 6.07) is 0. The molecule has 13 saturated carbocycles. The SMILES string of the molecule is CCC1(OC(=O)CC(C)OC(=O)C2CC3C=CC2C3)C2CC3CC(C2)CC1C3.CCC1(OC(=O)CC(C)OC(=O)C2CC3C=CC2C3)CC2CCC1C2.CCC1(OC(=O)CC(C)OC(=O)C2CC3C=CC2C3)CCCC1.CCC1(OC(=O)COC(=O)C2CC3C=CC2C3)CC2CCC1C2. The summed E-state index contributed by atoms with van der Waals surface area (Å²) in [4.78, 5) is 99.0. The van der Waals surface area contributed by atoms with Crippen molar-refractivity contribution in [3.05, 3.63) is 48.6 Å². The molecule has 21 atom stereocenters. The summed E-state index contributed by atoms with van der Waals surface area (Å²) in [5.41, 5.74) is -1.07. The third-order valence-corrected chi connectivity index (χ3v) is 28.5. The van der Waals surface area contributed by atoms with Crippen LogP contribution in [0, 0.1) is 118 Å². The molecule has 0 N–H and O–H groups in total. The minimum Gasteiger partial charge on any atom is -0.462 e. The van der Waals surface area contributed by atoms with E-state index in [1.54, 1.807) is 6.92 Å². The van der Waals surface area contributed by atoms with E-state index in [-0.39, 0.29) is 120 Å². The van der Waals surface area contributed by atoms with Crippen molar-refractivity contribution < 1.29 is 76.3 Å². The lowest BCUT2D eigenvalue weighted by Crippen LogP contribution is -2.59. The molecule has 0 aliphatic heterocycles. The van der Waals surface area contributed by atoms with Crippen LogP contribution >= 0.6 is 0 Å². The van der Waals surface area contributed by atoms with Crippen molar-refractivity contribution >= 4 is 47.8 Å². The summed E-state index contributed by atoms with van der Waals surface area (Å²) < 4.78 is 45.8. The first kappa shape index (κ1) is 72.1. The van der Waals surface area contributed by atoms with Crippen LogP contribution in [0.1, 0.15) is 254 Å². The van der Waals surface area contributed by atoms with Gasteiger partial charge in [0.15, 0.2) is 6.61 Å². The van der Waals surface area contributed by atoms with E-state index in [2.05, 4.69) is 76.3 Å². The van der Waals surface area contributed by atoms with Crippen molar-refractivity contribution in [3.63, 3.8) is 0 Å². The average Bonchev–Trinajstić information content (AvgIpc) is 1.68. The maximum atomic E-state index is 12.8. The number of esters is 8. The van der Waals surface area contributed by atoms with E-state index in [0.717, 1.165) is 139 Å². The maximum absolute atomic E-state index is 12.8. The Morgan fingerprint density at radius 1 is 0.364 bits per heavy atom. The molecule has 17 rings (SSSR count). The van der Waals surface area contributed by atoms with Gasteiger partial charge in [0, 0.05) is 0 Å². The van der Waals surface area contributed by atoms with Crippen molar-refractivity contribution in [1.82, 2.24) is 0 Å². The Bertz CT molecular complexity index is 3070. The Morgan fingerprint density at radius 3 is 1.05 bits per heavy atom. The van der Waals surface area contributed by atoms with Crippen LogP contribution in [0.25, 0.3) is 0 Å². The van der Waals surface area contributed by atoms with Crippen molar-refractivity contribution in [1.29, 1.82) is 0 Å². The Kier molecular flexibility index (Phi) is 22.0. The van der Waals surface area contributed by atoms with Crippen LogP contribution in [0.15, 0.2) is 48.6 Å². The van der Waals surface area contributed by atoms with Crippen LogP contribution in [0.5, 0.6) is 0 Å². The lowest BCUT2D eigenvalue weighted by molar-refractivity contribution is -0.212. The maximum Gasteiger partial charge on any atom is 0.344 e. The Hall–Kier alpha value is -5.28. The molecule has 546 valence electrons. The van der Waals surface area contributed by atoms with Crippen LogP contribution in [0.4, 0.5) is 0 Å². The van der Waals surface area contributed by atoms with Gasteiger partial charge in [-0.15, -0.1) is 0 Å². The van der Waals surface area contributed by atoms with Gasteiger partial charge in [0.25, 0.3) is 0 Å². The number of rotatable bonds is 23. The highest BCUT2D eigenvalue weighted by atomic mass is 16.6. The second-order valence-corrected chi connectivity index (χ2v) is 34.8. The molecule has 17 aliphatic rings. The summed E-state index contributed by atoms with van der Waals surface area (Å²) in [6.45, 7) is 13.7. The van der Waals surface area contributed by atoms with E-state index in [9.17, 15) is 38.4 Å². The number of hydrogen-bond acceptors (Lipinski definition) is 16. The molecule has 0 aromatic heterocycles. The first-order chi connectivity index (χ1) is 47.6. The fourth-order valence-electron chi connectivity index (χ4n) is 23.6. The molecule has 16 nitrogen and oxygen atoms in total. The van der Waals surface area contributed by atoms with Gasteiger partial charge in [-0.1, -0.05) is 76.3 Å². The summed E-state index contributed by atoms with van der Waals surface area (Å²) in [6.07, 6.45) is 48.0. The molecule has 0 saturated heterocycles. The molecular weight excluding hydrogens is 1250 g/mol. The van der Waals surface area contributed by atoms with Gasteiger partial charge in [-0.05, 0) is 302 Å². The summed E-state index contributed by atoms with van der Waals surface area (Å²) in [5, 5.41) is 0. The summed E-state index contributed by atoms with van der Waals surface area (Å²) in [7, 11) is 0. The monoisotopic (exact) mass is 1370 g/mol. The Labute approximate surface area is 589 Å². The van der Waals surface area contributed by atoms with Gasteiger partial charge in [0.05, 0.1) is 42.9 Å². The van der Waals surface area contributed by atoms with E-state index in [0.29, 0.717) is 71.0 Å². The lowest BCUT2D eigenvalue weighted by Gasteiger charge is -2.60. The van der Waals surface area contributed by atoms with Gasteiger partial charge < -0.3 is 37.9 Å². The van der Waals surface area contributed by atoms with Gasteiger partial charge in [0.1, 0.15) is 40.7 Å². The fraction of sp³-hybridized carbons (Fsp3) is 0.807. The van der Waals surface area contributed by atoms with Gasteiger partial charge >= 0.3 is 47.8 Å². The zero-order valence-corrected chi connectivity index (χ0v) is 60.8. The Balaban J connectivity index is 0.000000119. The molecule has 13 fully saturated rings. The second-order valence-electron chi connectivity index (χ2n) is 34.8. The standard InChI is InChI=1S/C24H34O4.C21H30O4.C19H26O4.C19H28O4/c1-3-24(19-9-16-7-17(11-19)12-20(24)10-16)28-22(25)6-14(2)27-23(26)21-13-15-4-5-18(21)8-15;1-3-21(12-15-5-7-17(21)10-15)25-19(22)8-13(2)24-20(23)18-11-14-4-6-16(18)9-14;1-2-19(10-13-4-6-15(19)8-13)23-17(20)11-22-18(21)16-9-12-3-5-14(16)7-12;1-3-19(8-4-5-9-19)23-17(20)10-13(2)22-18(21)16-12-14-6-7-15(16)11-14/h4-5,14-21H,3,6-13H2,1-2H3;4,6,13-18H,3,5,7-12H2,1-2H3;3,5,12-16H,2,4,6-11H2,1H3;6-7,13-16H,3-5,8-12H2,1-2H3.